The molecule has 0 saturated heterocycles. The molecular formula is C16H22O4. The van der Waals surface area contributed by atoms with E-state index >= 15 is 0 Å². The first kappa shape index (κ1) is 16.2. The quantitative estimate of drug-likeness (QED) is 0.715. The van der Waals surface area contributed by atoms with Crippen LogP contribution in [0.5, 0.6) is 0 Å². The summed E-state index contributed by atoms with van der Waals surface area (Å²) in [7, 11) is 0. The molecule has 0 aliphatic heterocycles. The van der Waals surface area contributed by atoms with E-state index in [2.05, 4.69) is 0 Å². The lowest BCUT2D eigenvalue weighted by atomic mass is 10.1. The summed E-state index contributed by atoms with van der Waals surface area (Å²) in [6.45, 7) is 6.20. The van der Waals surface area contributed by atoms with Crippen molar-refractivity contribution < 1.29 is 19.1 Å². The van der Waals surface area contributed by atoms with Gasteiger partial charge in [-0.1, -0.05) is 26.3 Å². The molecule has 4 heteroatoms. The van der Waals surface area contributed by atoms with Gasteiger partial charge in [-0.2, -0.15) is 0 Å². The summed E-state index contributed by atoms with van der Waals surface area (Å²) in [5.74, 6) is -0.820. The van der Waals surface area contributed by atoms with Gasteiger partial charge in [0.1, 0.15) is 0 Å². The van der Waals surface area contributed by atoms with E-state index < -0.39 is 11.9 Å². The van der Waals surface area contributed by atoms with Gasteiger partial charge < -0.3 is 9.47 Å². The van der Waals surface area contributed by atoms with E-state index in [-0.39, 0.29) is 6.10 Å². The van der Waals surface area contributed by atoms with Crippen LogP contribution >= 0.6 is 0 Å². The predicted octanol–water partition coefficient (Wildman–Crippen LogP) is 3.60. The SMILES string of the molecule is CCCOC(=O)c1cccc(C(=O)OC(C)CCC)c1. The second kappa shape index (κ2) is 8.35. The minimum atomic E-state index is -0.414. The zero-order chi connectivity index (χ0) is 15.0. The zero-order valence-electron chi connectivity index (χ0n) is 12.3. The fourth-order valence-electron chi connectivity index (χ4n) is 1.77. The summed E-state index contributed by atoms with van der Waals surface area (Å²) in [4.78, 5) is 23.7. The lowest BCUT2D eigenvalue weighted by Crippen LogP contribution is -2.15. The third-order valence-electron chi connectivity index (χ3n) is 2.77. The van der Waals surface area contributed by atoms with E-state index in [1.54, 1.807) is 18.2 Å². The third-order valence-corrected chi connectivity index (χ3v) is 2.77. The third kappa shape index (κ3) is 5.03. The molecule has 0 fully saturated rings. The van der Waals surface area contributed by atoms with E-state index in [9.17, 15) is 9.59 Å². The number of benzene rings is 1. The molecule has 1 atom stereocenters. The summed E-state index contributed by atoms with van der Waals surface area (Å²) in [5, 5.41) is 0. The Hall–Kier alpha value is -1.84. The summed E-state index contributed by atoms with van der Waals surface area (Å²) in [6, 6.07) is 6.43. The fraction of sp³-hybridized carbons (Fsp3) is 0.500. The number of esters is 2. The molecular weight excluding hydrogens is 256 g/mol. The molecule has 0 N–H and O–H groups in total. The monoisotopic (exact) mass is 278 g/mol. The average Bonchev–Trinajstić information content (AvgIpc) is 2.45. The summed E-state index contributed by atoms with van der Waals surface area (Å²) < 4.78 is 10.3. The topological polar surface area (TPSA) is 52.6 Å². The van der Waals surface area contributed by atoms with Crippen molar-refractivity contribution >= 4 is 11.9 Å². The number of ether oxygens (including phenoxy) is 2. The highest BCUT2D eigenvalue weighted by atomic mass is 16.5. The van der Waals surface area contributed by atoms with Gasteiger partial charge in [0.05, 0.1) is 23.8 Å². The molecule has 4 nitrogen and oxygen atoms in total. The van der Waals surface area contributed by atoms with Crippen molar-refractivity contribution in [3.05, 3.63) is 35.4 Å². The minimum absolute atomic E-state index is 0.122. The Balaban J connectivity index is 2.72. The highest BCUT2D eigenvalue weighted by molar-refractivity contribution is 5.95. The van der Waals surface area contributed by atoms with Crippen LogP contribution in [0.3, 0.4) is 0 Å². The van der Waals surface area contributed by atoms with E-state index in [0.717, 1.165) is 19.3 Å². The first-order chi connectivity index (χ1) is 9.58. The van der Waals surface area contributed by atoms with Crippen LogP contribution in [0.25, 0.3) is 0 Å². The number of rotatable bonds is 7. The largest absolute Gasteiger partial charge is 0.462 e. The molecule has 1 rings (SSSR count). The molecule has 110 valence electrons. The van der Waals surface area contributed by atoms with Crippen molar-refractivity contribution in [2.45, 2.75) is 46.1 Å². The van der Waals surface area contributed by atoms with Crippen LogP contribution in [0, 0.1) is 0 Å². The second-order valence-electron chi connectivity index (χ2n) is 4.72. The van der Waals surface area contributed by atoms with Crippen LogP contribution in [0.4, 0.5) is 0 Å². The molecule has 1 aromatic carbocycles. The molecule has 1 unspecified atom stereocenters. The summed E-state index contributed by atoms with van der Waals surface area (Å²) in [6.07, 6.45) is 2.42. The minimum Gasteiger partial charge on any atom is -0.462 e. The van der Waals surface area contributed by atoms with Gasteiger partial charge in [-0.3, -0.25) is 0 Å². The first-order valence-corrected chi connectivity index (χ1v) is 7.06. The van der Waals surface area contributed by atoms with Gasteiger partial charge in [0.2, 0.25) is 0 Å². The maximum atomic E-state index is 11.9. The number of carbonyl (C=O) groups excluding carboxylic acids is 2. The average molecular weight is 278 g/mol. The van der Waals surface area contributed by atoms with Gasteiger partial charge in [-0.05, 0) is 38.0 Å². The summed E-state index contributed by atoms with van der Waals surface area (Å²) in [5.41, 5.74) is 0.745. The molecule has 0 heterocycles. The number of carbonyl (C=O) groups is 2. The number of hydrogen-bond donors (Lipinski definition) is 0. The maximum Gasteiger partial charge on any atom is 0.338 e. The Morgan fingerprint density at radius 1 is 1.10 bits per heavy atom. The Kier molecular flexibility index (Phi) is 6.77. The standard InChI is InChI=1S/C16H22O4/c1-4-7-12(3)20-16(18)14-9-6-8-13(11-14)15(17)19-10-5-2/h6,8-9,11-12H,4-5,7,10H2,1-3H3. The van der Waals surface area contributed by atoms with Gasteiger partial charge in [0, 0.05) is 0 Å². The molecule has 0 spiro atoms. The molecule has 1 aromatic rings. The van der Waals surface area contributed by atoms with Crippen LogP contribution in [-0.4, -0.2) is 24.6 Å². The van der Waals surface area contributed by atoms with Gasteiger partial charge in [0.25, 0.3) is 0 Å². The fourth-order valence-corrected chi connectivity index (χ4v) is 1.77. The molecule has 0 aliphatic carbocycles. The van der Waals surface area contributed by atoms with E-state index in [0.29, 0.717) is 17.7 Å². The lowest BCUT2D eigenvalue weighted by molar-refractivity contribution is 0.0323. The predicted molar refractivity (Wildman–Crippen MR) is 76.8 cm³/mol. The smallest absolute Gasteiger partial charge is 0.338 e. The first-order valence-electron chi connectivity index (χ1n) is 7.06. The van der Waals surface area contributed by atoms with Gasteiger partial charge in [0.15, 0.2) is 0 Å². The highest BCUT2D eigenvalue weighted by Gasteiger charge is 2.14. The Bertz CT molecular complexity index is 454. The van der Waals surface area contributed by atoms with Crippen LogP contribution in [0.15, 0.2) is 24.3 Å². The van der Waals surface area contributed by atoms with Crippen molar-refractivity contribution in [1.29, 1.82) is 0 Å². The van der Waals surface area contributed by atoms with E-state index in [4.69, 9.17) is 9.47 Å². The van der Waals surface area contributed by atoms with Crippen LogP contribution < -0.4 is 0 Å². The summed E-state index contributed by atoms with van der Waals surface area (Å²) >= 11 is 0. The van der Waals surface area contributed by atoms with Gasteiger partial charge in [-0.15, -0.1) is 0 Å². The van der Waals surface area contributed by atoms with E-state index in [1.807, 2.05) is 20.8 Å². The van der Waals surface area contributed by atoms with E-state index in [1.165, 1.54) is 6.07 Å². The van der Waals surface area contributed by atoms with Crippen molar-refractivity contribution in [3.63, 3.8) is 0 Å². The Labute approximate surface area is 120 Å². The molecule has 0 bridgehead atoms. The van der Waals surface area contributed by atoms with Crippen molar-refractivity contribution in [2.75, 3.05) is 6.61 Å². The highest BCUT2D eigenvalue weighted by Crippen LogP contribution is 2.11. The van der Waals surface area contributed by atoms with Crippen LogP contribution in [0.2, 0.25) is 0 Å². The van der Waals surface area contributed by atoms with Gasteiger partial charge >= 0.3 is 11.9 Å². The molecule has 20 heavy (non-hydrogen) atoms. The maximum absolute atomic E-state index is 11.9. The molecule has 0 aromatic heterocycles. The van der Waals surface area contributed by atoms with Crippen molar-refractivity contribution in [3.8, 4) is 0 Å². The lowest BCUT2D eigenvalue weighted by Gasteiger charge is -2.12. The van der Waals surface area contributed by atoms with Crippen molar-refractivity contribution in [1.82, 2.24) is 0 Å². The second-order valence-corrected chi connectivity index (χ2v) is 4.72. The molecule has 0 aliphatic rings. The van der Waals surface area contributed by atoms with Crippen molar-refractivity contribution in [2.24, 2.45) is 0 Å². The number of hydrogen-bond acceptors (Lipinski definition) is 4. The Morgan fingerprint density at radius 3 is 2.35 bits per heavy atom. The molecule has 0 saturated carbocycles. The van der Waals surface area contributed by atoms with Gasteiger partial charge in [-0.25, -0.2) is 9.59 Å². The molecule has 0 amide bonds. The Morgan fingerprint density at radius 2 is 1.75 bits per heavy atom. The molecule has 0 radical (unpaired) electrons. The van der Waals surface area contributed by atoms with Crippen LogP contribution in [-0.2, 0) is 9.47 Å². The van der Waals surface area contributed by atoms with Crippen LogP contribution in [0.1, 0.15) is 60.7 Å². The zero-order valence-corrected chi connectivity index (χ0v) is 12.3. The normalized spacial score (nSPS) is 11.8.